The van der Waals surface area contributed by atoms with E-state index in [4.69, 9.17) is 0 Å². The molecular formula is C15H17FO2S. The lowest BCUT2D eigenvalue weighted by molar-refractivity contribution is 0.602. The van der Waals surface area contributed by atoms with Gasteiger partial charge in [0.05, 0.1) is 4.90 Å². The van der Waals surface area contributed by atoms with Gasteiger partial charge in [-0.25, -0.2) is 12.8 Å². The zero-order valence-corrected chi connectivity index (χ0v) is 12.0. The predicted octanol–water partition coefficient (Wildman–Crippen LogP) is 3.92. The van der Waals surface area contributed by atoms with Crippen molar-refractivity contribution in [3.05, 3.63) is 54.3 Å². The summed E-state index contributed by atoms with van der Waals surface area (Å²) in [7, 11) is -3.17. The van der Waals surface area contributed by atoms with E-state index in [1.165, 1.54) is 18.4 Å². The molecule has 2 aromatic carbocycles. The van der Waals surface area contributed by atoms with Crippen LogP contribution in [0.2, 0.25) is 0 Å². The fraction of sp³-hybridized carbons (Fsp3) is 0.200. The van der Waals surface area contributed by atoms with Gasteiger partial charge in [-0.05, 0) is 35.4 Å². The highest BCUT2D eigenvalue weighted by molar-refractivity contribution is 7.90. The summed E-state index contributed by atoms with van der Waals surface area (Å²) < 4.78 is 35.3. The minimum Gasteiger partial charge on any atom is -0.224 e. The average Bonchev–Trinajstić information content (AvgIpc) is 2.41. The lowest BCUT2D eigenvalue weighted by atomic mass is 10.1. The normalized spacial score (nSPS) is 10.5. The second-order valence-corrected chi connectivity index (χ2v) is 5.82. The largest absolute Gasteiger partial charge is 0.224 e. The van der Waals surface area contributed by atoms with Crippen LogP contribution in [0.15, 0.2) is 53.4 Å². The first kappa shape index (κ1) is 15.4. The summed E-state index contributed by atoms with van der Waals surface area (Å²) in [6.07, 6.45) is 1.17. The molecule has 0 aliphatic carbocycles. The number of hydrogen-bond donors (Lipinski definition) is 0. The number of sulfone groups is 1. The molecule has 19 heavy (non-hydrogen) atoms. The number of benzene rings is 2. The standard InChI is InChI=1S/C13H11FO2S.C2H6/c1-17(15,16)13-8-4-11(5-9-13)10-2-6-12(14)7-3-10;1-2/h2-9H,1H3;1-2H3. The van der Waals surface area contributed by atoms with E-state index in [0.29, 0.717) is 0 Å². The zero-order chi connectivity index (χ0) is 14.5. The van der Waals surface area contributed by atoms with Gasteiger partial charge in [0, 0.05) is 6.26 Å². The van der Waals surface area contributed by atoms with Crippen molar-refractivity contribution in [3.63, 3.8) is 0 Å². The number of rotatable bonds is 2. The Labute approximate surface area is 113 Å². The third-order valence-electron chi connectivity index (χ3n) is 2.46. The summed E-state index contributed by atoms with van der Waals surface area (Å²) in [5.74, 6) is -0.290. The second-order valence-electron chi connectivity index (χ2n) is 3.80. The summed E-state index contributed by atoms with van der Waals surface area (Å²) >= 11 is 0. The Morgan fingerprint density at radius 1 is 0.789 bits per heavy atom. The molecule has 0 aliphatic heterocycles. The quantitative estimate of drug-likeness (QED) is 0.835. The van der Waals surface area contributed by atoms with Crippen LogP contribution in [0.1, 0.15) is 13.8 Å². The summed E-state index contributed by atoms with van der Waals surface area (Å²) in [4.78, 5) is 0.281. The minimum absolute atomic E-state index is 0.281. The molecule has 4 heteroatoms. The van der Waals surface area contributed by atoms with Crippen LogP contribution in [0.4, 0.5) is 4.39 Å². The summed E-state index contributed by atoms with van der Waals surface area (Å²) in [6, 6.07) is 12.6. The van der Waals surface area contributed by atoms with Gasteiger partial charge in [-0.3, -0.25) is 0 Å². The van der Waals surface area contributed by atoms with Crippen LogP contribution in [-0.4, -0.2) is 14.7 Å². The van der Waals surface area contributed by atoms with Crippen molar-refractivity contribution in [3.8, 4) is 11.1 Å². The molecule has 0 aliphatic rings. The topological polar surface area (TPSA) is 34.1 Å². The Morgan fingerprint density at radius 2 is 1.16 bits per heavy atom. The van der Waals surface area contributed by atoms with Gasteiger partial charge in [0.2, 0.25) is 0 Å². The fourth-order valence-corrected chi connectivity index (χ4v) is 2.17. The molecule has 0 fully saturated rings. The Kier molecular flexibility index (Phi) is 5.24. The highest BCUT2D eigenvalue weighted by atomic mass is 32.2. The average molecular weight is 280 g/mol. The van der Waals surface area contributed by atoms with E-state index in [9.17, 15) is 12.8 Å². The maximum absolute atomic E-state index is 12.7. The first-order valence-corrected chi connectivity index (χ1v) is 7.92. The monoisotopic (exact) mass is 280 g/mol. The molecule has 2 rings (SSSR count). The Balaban J connectivity index is 0.000000861. The van der Waals surface area contributed by atoms with Crippen molar-refractivity contribution < 1.29 is 12.8 Å². The first-order chi connectivity index (χ1) is 8.97. The van der Waals surface area contributed by atoms with Crippen LogP contribution >= 0.6 is 0 Å². The van der Waals surface area contributed by atoms with Gasteiger partial charge in [0.1, 0.15) is 5.82 Å². The van der Waals surface area contributed by atoms with Crippen LogP contribution < -0.4 is 0 Å². The maximum Gasteiger partial charge on any atom is 0.175 e. The van der Waals surface area contributed by atoms with E-state index in [1.54, 1.807) is 36.4 Å². The Morgan fingerprint density at radius 3 is 1.53 bits per heavy atom. The minimum atomic E-state index is -3.17. The SMILES string of the molecule is CC.CS(=O)(=O)c1ccc(-c2ccc(F)cc2)cc1. The summed E-state index contributed by atoms with van der Waals surface area (Å²) in [5, 5.41) is 0. The smallest absolute Gasteiger partial charge is 0.175 e. The van der Waals surface area contributed by atoms with Crippen molar-refractivity contribution in [2.45, 2.75) is 18.7 Å². The molecule has 102 valence electrons. The van der Waals surface area contributed by atoms with Crippen LogP contribution in [0.25, 0.3) is 11.1 Å². The lowest BCUT2D eigenvalue weighted by Crippen LogP contribution is -1.96. The van der Waals surface area contributed by atoms with Crippen LogP contribution in [0.5, 0.6) is 0 Å². The molecule has 0 atom stereocenters. The van der Waals surface area contributed by atoms with Gasteiger partial charge in [-0.15, -0.1) is 0 Å². The van der Waals surface area contributed by atoms with Crippen LogP contribution in [0, 0.1) is 5.82 Å². The molecule has 2 aromatic rings. The van der Waals surface area contributed by atoms with Crippen molar-refractivity contribution in [1.29, 1.82) is 0 Å². The molecule has 0 radical (unpaired) electrons. The van der Waals surface area contributed by atoms with E-state index in [1.807, 2.05) is 13.8 Å². The molecule has 0 bridgehead atoms. The van der Waals surface area contributed by atoms with Gasteiger partial charge >= 0.3 is 0 Å². The van der Waals surface area contributed by atoms with Gasteiger partial charge in [0.25, 0.3) is 0 Å². The van der Waals surface area contributed by atoms with Crippen LogP contribution in [0.3, 0.4) is 0 Å². The summed E-state index contributed by atoms with van der Waals surface area (Å²) in [5.41, 5.74) is 1.71. The predicted molar refractivity (Wildman–Crippen MR) is 76.3 cm³/mol. The van der Waals surface area contributed by atoms with Crippen molar-refractivity contribution in [2.24, 2.45) is 0 Å². The molecule has 0 N–H and O–H groups in total. The van der Waals surface area contributed by atoms with E-state index in [-0.39, 0.29) is 10.7 Å². The third kappa shape index (κ3) is 4.17. The van der Waals surface area contributed by atoms with Gasteiger partial charge in [-0.1, -0.05) is 38.1 Å². The number of hydrogen-bond acceptors (Lipinski definition) is 2. The van der Waals surface area contributed by atoms with E-state index >= 15 is 0 Å². The van der Waals surface area contributed by atoms with E-state index < -0.39 is 9.84 Å². The third-order valence-corrected chi connectivity index (χ3v) is 3.59. The first-order valence-electron chi connectivity index (χ1n) is 6.03. The molecule has 2 nitrogen and oxygen atoms in total. The van der Waals surface area contributed by atoms with Crippen molar-refractivity contribution in [1.82, 2.24) is 0 Å². The molecule has 0 heterocycles. The van der Waals surface area contributed by atoms with Crippen molar-refractivity contribution >= 4 is 9.84 Å². The fourth-order valence-electron chi connectivity index (χ4n) is 1.54. The number of halogens is 1. The maximum atomic E-state index is 12.7. The van der Waals surface area contributed by atoms with Crippen LogP contribution in [-0.2, 0) is 9.84 Å². The molecule has 0 saturated heterocycles. The van der Waals surface area contributed by atoms with Gasteiger partial charge < -0.3 is 0 Å². The molecule has 0 aromatic heterocycles. The highest BCUT2D eigenvalue weighted by Crippen LogP contribution is 2.21. The molecule has 0 spiro atoms. The van der Waals surface area contributed by atoms with Gasteiger partial charge in [-0.2, -0.15) is 0 Å². The molecule has 0 unspecified atom stereocenters. The molecule has 0 saturated carbocycles. The zero-order valence-electron chi connectivity index (χ0n) is 11.2. The van der Waals surface area contributed by atoms with Crippen molar-refractivity contribution in [2.75, 3.05) is 6.26 Å². The van der Waals surface area contributed by atoms with E-state index in [0.717, 1.165) is 11.1 Å². The second kappa shape index (κ2) is 6.48. The molecular weight excluding hydrogens is 263 g/mol. The Hall–Kier alpha value is -1.68. The highest BCUT2D eigenvalue weighted by Gasteiger charge is 2.06. The summed E-state index contributed by atoms with van der Waals surface area (Å²) in [6.45, 7) is 4.00. The lowest BCUT2D eigenvalue weighted by Gasteiger charge is -2.03. The van der Waals surface area contributed by atoms with Gasteiger partial charge in [0.15, 0.2) is 9.84 Å². The molecule has 0 amide bonds. The van der Waals surface area contributed by atoms with E-state index in [2.05, 4.69) is 0 Å². The Bertz CT molecular complexity index is 614.